The van der Waals surface area contributed by atoms with E-state index in [1.54, 1.807) is 17.7 Å². The van der Waals surface area contributed by atoms with Gasteiger partial charge in [-0.2, -0.15) is 0 Å². The van der Waals surface area contributed by atoms with Gasteiger partial charge in [0.2, 0.25) is 0 Å². The number of carboxylic acids is 1. The second kappa shape index (κ2) is 3.84. The Bertz CT molecular complexity index is 525. The van der Waals surface area contributed by atoms with E-state index in [1.165, 1.54) is 0 Å². The van der Waals surface area contributed by atoms with Gasteiger partial charge in [-0.3, -0.25) is 4.79 Å². The fourth-order valence-corrected chi connectivity index (χ4v) is 1.61. The number of carbonyl (C=O) groups is 1. The summed E-state index contributed by atoms with van der Waals surface area (Å²) in [7, 11) is 1.94. The first-order chi connectivity index (χ1) is 7.56. The first-order valence-corrected chi connectivity index (χ1v) is 4.94. The molecule has 0 unspecified atom stereocenters. The molecule has 0 spiro atoms. The summed E-state index contributed by atoms with van der Waals surface area (Å²) in [5.41, 5.74) is 1.80. The molecular formula is C11H13N3O2. The molecule has 0 atom stereocenters. The SMILES string of the molecule is Cc1nc(-c2ccn(C)c2)cn1CC(=O)O. The van der Waals surface area contributed by atoms with Gasteiger partial charge in [-0.15, -0.1) is 0 Å². The van der Waals surface area contributed by atoms with Crippen molar-refractivity contribution >= 4 is 5.97 Å². The van der Waals surface area contributed by atoms with Gasteiger partial charge in [0.15, 0.2) is 0 Å². The average Bonchev–Trinajstić information content (AvgIpc) is 2.74. The Labute approximate surface area is 93.0 Å². The van der Waals surface area contributed by atoms with Crippen LogP contribution in [-0.2, 0) is 18.4 Å². The molecule has 0 aliphatic carbocycles. The second-order valence-electron chi connectivity index (χ2n) is 3.76. The summed E-state index contributed by atoms with van der Waals surface area (Å²) >= 11 is 0. The molecule has 1 N–H and O–H groups in total. The van der Waals surface area contributed by atoms with E-state index in [-0.39, 0.29) is 6.54 Å². The lowest BCUT2D eigenvalue weighted by Gasteiger charge is -1.97. The van der Waals surface area contributed by atoms with Crippen LogP contribution in [0.2, 0.25) is 0 Å². The van der Waals surface area contributed by atoms with Crippen LogP contribution in [0.3, 0.4) is 0 Å². The fraction of sp³-hybridized carbons (Fsp3) is 0.273. The van der Waals surface area contributed by atoms with Crippen LogP contribution in [0, 0.1) is 6.92 Å². The van der Waals surface area contributed by atoms with E-state index in [9.17, 15) is 4.79 Å². The fourth-order valence-electron chi connectivity index (χ4n) is 1.61. The van der Waals surface area contributed by atoms with Crippen molar-refractivity contribution in [2.75, 3.05) is 0 Å². The number of imidazole rings is 1. The summed E-state index contributed by atoms with van der Waals surface area (Å²) < 4.78 is 3.56. The Hall–Kier alpha value is -2.04. The van der Waals surface area contributed by atoms with Crippen LogP contribution in [0.25, 0.3) is 11.3 Å². The number of hydrogen-bond donors (Lipinski definition) is 1. The molecule has 0 bridgehead atoms. The molecule has 2 aromatic heterocycles. The normalized spacial score (nSPS) is 10.6. The van der Waals surface area contributed by atoms with Crippen molar-refractivity contribution in [3.8, 4) is 11.3 Å². The van der Waals surface area contributed by atoms with Crippen LogP contribution in [0.4, 0.5) is 0 Å². The minimum absolute atomic E-state index is 0.0499. The number of aromatic nitrogens is 3. The quantitative estimate of drug-likeness (QED) is 0.846. The molecule has 2 aromatic rings. The predicted octanol–water partition coefficient (Wildman–Crippen LogP) is 1.28. The molecule has 0 amide bonds. The van der Waals surface area contributed by atoms with E-state index in [0.717, 1.165) is 11.3 Å². The van der Waals surface area contributed by atoms with Crippen molar-refractivity contribution in [2.45, 2.75) is 13.5 Å². The van der Waals surface area contributed by atoms with Crippen molar-refractivity contribution < 1.29 is 9.90 Å². The summed E-state index contributed by atoms with van der Waals surface area (Å²) in [5.74, 6) is -0.152. The highest BCUT2D eigenvalue weighted by Gasteiger charge is 2.09. The van der Waals surface area contributed by atoms with Crippen LogP contribution < -0.4 is 0 Å². The summed E-state index contributed by atoms with van der Waals surface area (Å²) in [6.45, 7) is 1.75. The zero-order chi connectivity index (χ0) is 11.7. The maximum atomic E-state index is 10.6. The third kappa shape index (κ3) is 1.98. The Kier molecular flexibility index (Phi) is 2.52. The van der Waals surface area contributed by atoms with Crippen molar-refractivity contribution in [1.82, 2.24) is 14.1 Å². The van der Waals surface area contributed by atoms with Gasteiger partial charge in [0.25, 0.3) is 0 Å². The first kappa shape index (κ1) is 10.5. The van der Waals surface area contributed by atoms with Gasteiger partial charge in [0, 0.05) is 31.2 Å². The van der Waals surface area contributed by atoms with Crippen LogP contribution in [0.15, 0.2) is 24.7 Å². The number of hydrogen-bond acceptors (Lipinski definition) is 2. The second-order valence-corrected chi connectivity index (χ2v) is 3.76. The maximum absolute atomic E-state index is 10.6. The molecule has 0 aliphatic rings. The lowest BCUT2D eigenvalue weighted by Crippen LogP contribution is -2.08. The van der Waals surface area contributed by atoms with Crippen LogP contribution in [0.5, 0.6) is 0 Å². The highest BCUT2D eigenvalue weighted by atomic mass is 16.4. The molecule has 0 saturated heterocycles. The van der Waals surface area contributed by atoms with Gasteiger partial charge in [0.1, 0.15) is 12.4 Å². The van der Waals surface area contributed by atoms with Crippen molar-refractivity contribution in [1.29, 1.82) is 0 Å². The summed E-state index contributed by atoms with van der Waals surface area (Å²) in [5, 5.41) is 8.72. The van der Waals surface area contributed by atoms with Gasteiger partial charge in [0.05, 0.1) is 5.69 Å². The molecular weight excluding hydrogens is 206 g/mol. The topological polar surface area (TPSA) is 60.0 Å². The monoisotopic (exact) mass is 219 g/mol. The molecule has 16 heavy (non-hydrogen) atoms. The highest BCUT2D eigenvalue weighted by Crippen LogP contribution is 2.18. The van der Waals surface area contributed by atoms with Gasteiger partial charge >= 0.3 is 5.97 Å². The van der Waals surface area contributed by atoms with Crippen molar-refractivity contribution in [2.24, 2.45) is 7.05 Å². The largest absolute Gasteiger partial charge is 0.480 e. The number of carboxylic acid groups (broad SMARTS) is 1. The van der Waals surface area contributed by atoms with Gasteiger partial charge < -0.3 is 14.2 Å². The third-order valence-electron chi connectivity index (χ3n) is 2.41. The number of aryl methyl sites for hydroxylation is 2. The van der Waals surface area contributed by atoms with E-state index >= 15 is 0 Å². The molecule has 0 radical (unpaired) electrons. The van der Waals surface area contributed by atoms with Crippen LogP contribution >= 0.6 is 0 Å². The smallest absolute Gasteiger partial charge is 0.323 e. The molecule has 0 aliphatic heterocycles. The minimum atomic E-state index is -0.861. The van der Waals surface area contributed by atoms with Crippen molar-refractivity contribution in [3.05, 3.63) is 30.5 Å². The lowest BCUT2D eigenvalue weighted by molar-refractivity contribution is -0.137. The van der Waals surface area contributed by atoms with Crippen LogP contribution in [-0.4, -0.2) is 25.2 Å². The number of aliphatic carboxylic acids is 1. The first-order valence-electron chi connectivity index (χ1n) is 4.94. The zero-order valence-electron chi connectivity index (χ0n) is 9.21. The molecule has 0 aromatic carbocycles. The van der Waals surface area contributed by atoms with Gasteiger partial charge in [-0.05, 0) is 13.0 Å². The van der Waals surface area contributed by atoms with Crippen LogP contribution in [0.1, 0.15) is 5.82 Å². The Morgan fingerprint density at radius 2 is 2.25 bits per heavy atom. The minimum Gasteiger partial charge on any atom is -0.480 e. The number of nitrogens with zero attached hydrogens (tertiary/aromatic N) is 3. The van der Waals surface area contributed by atoms with E-state index in [2.05, 4.69) is 4.98 Å². The highest BCUT2D eigenvalue weighted by molar-refractivity contribution is 5.67. The van der Waals surface area contributed by atoms with Crippen molar-refractivity contribution in [3.63, 3.8) is 0 Å². The zero-order valence-corrected chi connectivity index (χ0v) is 9.21. The Morgan fingerprint density at radius 3 is 2.81 bits per heavy atom. The molecule has 5 nitrogen and oxygen atoms in total. The standard InChI is InChI=1S/C11H13N3O2/c1-8-12-10(6-14(8)7-11(15)16)9-3-4-13(2)5-9/h3-6H,7H2,1-2H3,(H,15,16). The Morgan fingerprint density at radius 1 is 1.50 bits per heavy atom. The number of rotatable bonds is 3. The summed E-state index contributed by atoms with van der Waals surface area (Å²) in [6, 6.07) is 1.95. The predicted molar refractivity (Wildman–Crippen MR) is 59.0 cm³/mol. The van der Waals surface area contributed by atoms with Gasteiger partial charge in [-0.1, -0.05) is 0 Å². The molecule has 5 heteroatoms. The van der Waals surface area contributed by atoms with E-state index in [4.69, 9.17) is 5.11 Å². The lowest BCUT2D eigenvalue weighted by atomic mass is 10.3. The maximum Gasteiger partial charge on any atom is 0.323 e. The van der Waals surface area contributed by atoms with E-state index in [1.807, 2.05) is 30.1 Å². The Balaban J connectivity index is 2.33. The van der Waals surface area contributed by atoms with Gasteiger partial charge in [-0.25, -0.2) is 4.98 Å². The molecule has 84 valence electrons. The average molecular weight is 219 g/mol. The van der Waals surface area contributed by atoms with E-state index in [0.29, 0.717) is 5.82 Å². The molecule has 0 saturated carbocycles. The molecule has 2 heterocycles. The van der Waals surface area contributed by atoms with E-state index < -0.39 is 5.97 Å². The summed E-state index contributed by atoms with van der Waals surface area (Å²) in [6.07, 6.45) is 5.65. The summed E-state index contributed by atoms with van der Waals surface area (Å²) in [4.78, 5) is 15.0. The third-order valence-corrected chi connectivity index (χ3v) is 2.41. The molecule has 2 rings (SSSR count). The molecule has 0 fully saturated rings.